The number of hydrogen-bond donors (Lipinski definition) is 0. The number of rotatable bonds is 5. The fraction of sp³-hybridized carbons (Fsp3) is 0.105. The molecule has 4 heteroatoms. The zero-order valence-corrected chi connectivity index (χ0v) is 13.6. The van der Waals surface area contributed by atoms with Gasteiger partial charge in [0.05, 0.1) is 6.33 Å². The second kappa shape index (κ2) is 7.16. The third-order valence-corrected chi connectivity index (χ3v) is 3.55. The molecule has 0 aliphatic carbocycles. The van der Waals surface area contributed by atoms with Crippen LogP contribution in [0.2, 0.25) is 5.02 Å². The molecule has 1 aromatic heterocycles. The first-order valence-corrected chi connectivity index (χ1v) is 7.73. The van der Waals surface area contributed by atoms with Crippen LogP contribution in [0.1, 0.15) is 12.5 Å². The maximum atomic E-state index is 5.96. The van der Waals surface area contributed by atoms with E-state index in [2.05, 4.69) is 18.0 Å². The van der Waals surface area contributed by atoms with E-state index in [1.165, 1.54) is 5.57 Å². The van der Waals surface area contributed by atoms with Crippen molar-refractivity contribution in [3.05, 3.63) is 83.4 Å². The molecule has 2 aromatic carbocycles. The Hall–Kier alpha value is -2.52. The first-order valence-electron chi connectivity index (χ1n) is 7.35. The topological polar surface area (TPSA) is 27.1 Å². The normalized spacial score (nSPS) is 11.5. The molecule has 0 saturated heterocycles. The second-order valence-corrected chi connectivity index (χ2v) is 5.79. The molecule has 0 N–H and O–H groups in total. The van der Waals surface area contributed by atoms with Gasteiger partial charge in [0.1, 0.15) is 11.5 Å². The number of benzene rings is 2. The van der Waals surface area contributed by atoms with E-state index in [-0.39, 0.29) is 0 Å². The summed E-state index contributed by atoms with van der Waals surface area (Å²) in [6.45, 7) is 2.94. The van der Waals surface area contributed by atoms with Crippen LogP contribution in [0.25, 0.3) is 6.08 Å². The number of nitrogens with zero attached hydrogens (tertiary/aromatic N) is 2. The molecule has 116 valence electrons. The summed E-state index contributed by atoms with van der Waals surface area (Å²) in [5.41, 5.74) is 2.40. The summed E-state index contributed by atoms with van der Waals surface area (Å²) in [5, 5.41) is 0.664. The minimum Gasteiger partial charge on any atom is -0.457 e. The highest BCUT2D eigenvalue weighted by molar-refractivity contribution is 6.30. The highest BCUT2D eigenvalue weighted by Gasteiger charge is 1.99. The summed E-state index contributed by atoms with van der Waals surface area (Å²) < 4.78 is 7.83. The van der Waals surface area contributed by atoms with Crippen molar-refractivity contribution in [2.75, 3.05) is 0 Å². The fourth-order valence-corrected chi connectivity index (χ4v) is 2.48. The lowest BCUT2D eigenvalue weighted by Gasteiger charge is -2.07. The van der Waals surface area contributed by atoms with Crippen LogP contribution in [0.3, 0.4) is 0 Å². The van der Waals surface area contributed by atoms with Crippen molar-refractivity contribution in [2.45, 2.75) is 13.5 Å². The molecule has 0 radical (unpaired) electrons. The molecule has 3 nitrogen and oxygen atoms in total. The predicted molar refractivity (Wildman–Crippen MR) is 93.8 cm³/mol. The maximum absolute atomic E-state index is 5.96. The molecule has 1 heterocycles. The fourth-order valence-electron chi connectivity index (χ4n) is 2.30. The van der Waals surface area contributed by atoms with Crippen molar-refractivity contribution in [1.82, 2.24) is 9.55 Å². The zero-order valence-electron chi connectivity index (χ0n) is 12.8. The van der Waals surface area contributed by atoms with Crippen molar-refractivity contribution in [2.24, 2.45) is 0 Å². The van der Waals surface area contributed by atoms with E-state index in [4.69, 9.17) is 16.3 Å². The van der Waals surface area contributed by atoms with Crippen molar-refractivity contribution >= 4 is 17.7 Å². The minimum absolute atomic E-state index is 0.664. The van der Waals surface area contributed by atoms with Gasteiger partial charge in [0, 0.05) is 24.0 Å². The first kappa shape index (κ1) is 15.4. The summed E-state index contributed by atoms with van der Waals surface area (Å²) in [6, 6.07) is 15.4. The van der Waals surface area contributed by atoms with Crippen LogP contribution < -0.4 is 4.74 Å². The molecule has 0 aliphatic rings. The monoisotopic (exact) mass is 324 g/mol. The van der Waals surface area contributed by atoms with Gasteiger partial charge in [0.25, 0.3) is 0 Å². The van der Waals surface area contributed by atoms with Crippen molar-refractivity contribution in [3.8, 4) is 11.5 Å². The average Bonchev–Trinajstić information content (AvgIpc) is 3.02. The minimum atomic E-state index is 0.664. The van der Waals surface area contributed by atoms with Crippen LogP contribution in [-0.2, 0) is 6.54 Å². The molecule has 0 fully saturated rings. The van der Waals surface area contributed by atoms with Crippen molar-refractivity contribution in [3.63, 3.8) is 0 Å². The van der Waals surface area contributed by atoms with Gasteiger partial charge in [-0.25, -0.2) is 4.98 Å². The van der Waals surface area contributed by atoms with Crippen molar-refractivity contribution < 1.29 is 4.74 Å². The predicted octanol–water partition coefficient (Wildman–Crippen LogP) is 5.43. The Morgan fingerprint density at radius 1 is 1.17 bits per heavy atom. The van der Waals surface area contributed by atoms with Gasteiger partial charge >= 0.3 is 0 Å². The molecule has 0 spiro atoms. The number of imidazole rings is 1. The van der Waals surface area contributed by atoms with Gasteiger partial charge in [0.2, 0.25) is 0 Å². The van der Waals surface area contributed by atoms with Gasteiger partial charge in [0.15, 0.2) is 0 Å². The maximum Gasteiger partial charge on any atom is 0.128 e. The van der Waals surface area contributed by atoms with E-state index in [0.29, 0.717) is 5.02 Å². The SMILES string of the molecule is CC(=Cc1ccc(Oc2cccc(Cl)c2)cc1)Cn1ccnc1. The van der Waals surface area contributed by atoms with Crippen LogP contribution in [0, 0.1) is 0 Å². The van der Waals surface area contributed by atoms with Gasteiger partial charge in [-0.05, 0) is 42.8 Å². The molecule has 0 bridgehead atoms. The first-order chi connectivity index (χ1) is 11.2. The third-order valence-electron chi connectivity index (χ3n) is 3.32. The van der Waals surface area contributed by atoms with Gasteiger partial charge in [-0.2, -0.15) is 0 Å². The van der Waals surface area contributed by atoms with Crippen LogP contribution in [-0.4, -0.2) is 9.55 Å². The highest BCUT2D eigenvalue weighted by atomic mass is 35.5. The van der Waals surface area contributed by atoms with Crippen LogP contribution in [0.5, 0.6) is 11.5 Å². The zero-order chi connectivity index (χ0) is 16.1. The summed E-state index contributed by atoms with van der Waals surface area (Å²) in [7, 11) is 0. The Labute approximate surface area is 140 Å². The molecular weight excluding hydrogens is 308 g/mol. The highest BCUT2D eigenvalue weighted by Crippen LogP contribution is 2.24. The molecule has 0 aliphatic heterocycles. The number of ether oxygens (including phenoxy) is 1. The van der Waals surface area contributed by atoms with E-state index in [9.17, 15) is 0 Å². The Morgan fingerprint density at radius 2 is 2.00 bits per heavy atom. The lowest BCUT2D eigenvalue weighted by atomic mass is 10.1. The van der Waals surface area contributed by atoms with Gasteiger partial charge in [-0.3, -0.25) is 0 Å². The lowest BCUT2D eigenvalue weighted by molar-refractivity contribution is 0.482. The molecule has 3 aromatic rings. The van der Waals surface area contributed by atoms with E-state index < -0.39 is 0 Å². The standard InChI is InChI=1S/C19H17ClN2O/c1-15(13-22-10-9-21-14-22)11-16-5-7-18(8-6-16)23-19-4-2-3-17(20)12-19/h2-12,14H,13H2,1H3. The van der Waals surface area contributed by atoms with Crippen molar-refractivity contribution in [1.29, 1.82) is 0 Å². The van der Waals surface area contributed by atoms with E-state index in [1.807, 2.05) is 59.6 Å². The van der Waals surface area contributed by atoms with E-state index in [0.717, 1.165) is 23.6 Å². The second-order valence-electron chi connectivity index (χ2n) is 5.35. The lowest BCUT2D eigenvalue weighted by Crippen LogP contribution is -1.95. The summed E-state index contributed by atoms with van der Waals surface area (Å²) in [4.78, 5) is 4.05. The molecule has 0 amide bonds. The quantitative estimate of drug-likeness (QED) is 0.625. The molecule has 3 rings (SSSR count). The summed E-state index contributed by atoms with van der Waals surface area (Å²) in [5.74, 6) is 1.52. The number of hydrogen-bond acceptors (Lipinski definition) is 2. The van der Waals surface area contributed by atoms with Gasteiger partial charge in [-0.1, -0.05) is 41.4 Å². The van der Waals surface area contributed by atoms with Gasteiger partial charge in [-0.15, -0.1) is 0 Å². The number of halogens is 1. The Morgan fingerprint density at radius 3 is 2.70 bits per heavy atom. The van der Waals surface area contributed by atoms with Crippen LogP contribution in [0.15, 0.2) is 72.8 Å². The molecule has 0 atom stereocenters. The Bertz CT molecular complexity index is 793. The number of aromatic nitrogens is 2. The average molecular weight is 325 g/mol. The van der Waals surface area contributed by atoms with E-state index in [1.54, 1.807) is 12.3 Å². The van der Waals surface area contributed by atoms with Gasteiger partial charge < -0.3 is 9.30 Å². The third kappa shape index (κ3) is 4.47. The molecule has 23 heavy (non-hydrogen) atoms. The van der Waals surface area contributed by atoms with Crippen LogP contribution >= 0.6 is 11.6 Å². The molecular formula is C19H17ClN2O. The largest absolute Gasteiger partial charge is 0.457 e. The summed E-state index contributed by atoms with van der Waals surface area (Å²) in [6.07, 6.45) is 7.72. The van der Waals surface area contributed by atoms with Crippen LogP contribution in [0.4, 0.5) is 0 Å². The molecule has 0 unspecified atom stereocenters. The molecule has 0 saturated carbocycles. The Kier molecular flexibility index (Phi) is 4.79. The van der Waals surface area contributed by atoms with E-state index >= 15 is 0 Å². The smallest absolute Gasteiger partial charge is 0.128 e. The number of allylic oxidation sites excluding steroid dienone is 1. The summed E-state index contributed by atoms with van der Waals surface area (Å²) >= 11 is 5.96. The Balaban J connectivity index is 1.67.